The molecule has 3 aromatic rings. The number of rotatable bonds is 4. The van der Waals surface area contributed by atoms with Crippen LogP contribution in [0.2, 0.25) is 0 Å². The van der Waals surface area contributed by atoms with E-state index >= 15 is 0 Å². The summed E-state index contributed by atoms with van der Waals surface area (Å²) in [6.45, 7) is 8.91. The van der Waals surface area contributed by atoms with Crippen molar-refractivity contribution in [2.75, 3.05) is 13.1 Å². The Bertz CT molecular complexity index is 1280. The van der Waals surface area contributed by atoms with E-state index in [4.69, 9.17) is 4.74 Å². The van der Waals surface area contributed by atoms with E-state index in [9.17, 15) is 9.59 Å². The van der Waals surface area contributed by atoms with Crippen molar-refractivity contribution in [3.8, 4) is 0 Å². The van der Waals surface area contributed by atoms with Crippen molar-refractivity contribution in [1.82, 2.24) is 10.2 Å². The molecule has 3 aromatic carbocycles. The molecule has 2 aliphatic rings. The van der Waals surface area contributed by atoms with E-state index in [0.717, 1.165) is 30.4 Å². The van der Waals surface area contributed by atoms with Crippen LogP contribution in [0, 0.1) is 6.92 Å². The standard InChI is InChI=1S/C30H34N2O3/c1-20-12-13-22(23-14-17-32(19-23)28(34)35-29(2,3)4)18-25(20)27(33)31-30(15-16-30)26-11-7-9-21-8-5-6-10-24(21)26/h5-13,18,23H,14-17,19H2,1-4H3,(H,31,33). The van der Waals surface area contributed by atoms with Crippen molar-refractivity contribution in [1.29, 1.82) is 0 Å². The number of fused-ring (bicyclic) bond motifs is 1. The van der Waals surface area contributed by atoms with Gasteiger partial charge in [0.2, 0.25) is 0 Å². The zero-order valence-electron chi connectivity index (χ0n) is 21.1. The molecule has 0 spiro atoms. The highest BCUT2D eigenvalue weighted by Crippen LogP contribution is 2.48. The van der Waals surface area contributed by atoms with Crippen molar-refractivity contribution < 1.29 is 14.3 Å². The molecule has 0 radical (unpaired) electrons. The van der Waals surface area contributed by atoms with Gasteiger partial charge in [-0.05, 0) is 80.5 Å². The predicted molar refractivity (Wildman–Crippen MR) is 139 cm³/mol. The van der Waals surface area contributed by atoms with Crippen LogP contribution in [0.4, 0.5) is 4.79 Å². The first-order valence-corrected chi connectivity index (χ1v) is 12.5. The number of benzene rings is 3. The maximum absolute atomic E-state index is 13.5. The fourth-order valence-electron chi connectivity index (χ4n) is 5.18. The van der Waals surface area contributed by atoms with Gasteiger partial charge in [0.1, 0.15) is 5.60 Å². The van der Waals surface area contributed by atoms with Gasteiger partial charge in [-0.25, -0.2) is 4.79 Å². The molecule has 1 aliphatic carbocycles. The van der Waals surface area contributed by atoms with Crippen LogP contribution < -0.4 is 5.32 Å². The zero-order valence-corrected chi connectivity index (χ0v) is 21.1. The minimum absolute atomic E-state index is 0.0308. The lowest BCUT2D eigenvalue weighted by molar-refractivity contribution is 0.0292. The van der Waals surface area contributed by atoms with Crippen LogP contribution in [0.25, 0.3) is 10.8 Å². The molecule has 1 unspecified atom stereocenters. The van der Waals surface area contributed by atoms with Crippen LogP contribution in [0.3, 0.4) is 0 Å². The lowest BCUT2D eigenvalue weighted by Crippen LogP contribution is -2.35. The molecule has 1 saturated heterocycles. The third-order valence-electron chi connectivity index (χ3n) is 7.23. The van der Waals surface area contributed by atoms with Crippen LogP contribution in [0.5, 0.6) is 0 Å². The molecular weight excluding hydrogens is 436 g/mol. The molecule has 35 heavy (non-hydrogen) atoms. The molecule has 0 bridgehead atoms. The number of hydrogen-bond acceptors (Lipinski definition) is 3. The summed E-state index contributed by atoms with van der Waals surface area (Å²) in [4.78, 5) is 27.8. The van der Waals surface area contributed by atoms with Gasteiger partial charge in [-0.3, -0.25) is 4.79 Å². The first-order valence-electron chi connectivity index (χ1n) is 12.5. The van der Waals surface area contributed by atoms with Gasteiger partial charge in [0.25, 0.3) is 5.91 Å². The quantitative estimate of drug-likeness (QED) is 0.487. The molecule has 182 valence electrons. The molecule has 5 nitrogen and oxygen atoms in total. The Morgan fingerprint density at radius 1 is 1.03 bits per heavy atom. The number of aryl methyl sites for hydroxylation is 1. The zero-order chi connectivity index (χ0) is 24.8. The summed E-state index contributed by atoms with van der Waals surface area (Å²) in [7, 11) is 0. The SMILES string of the molecule is Cc1ccc(C2CCN(C(=O)OC(C)(C)C)C2)cc1C(=O)NC1(c2cccc3ccccc23)CC1. The summed E-state index contributed by atoms with van der Waals surface area (Å²) in [5.41, 5.74) is 3.16. The Labute approximate surface area is 207 Å². The third kappa shape index (κ3) is 4.77. The van der Waals surface area contributed by atoms with Crippen LogP contribution in [0.15, 0.2) is 60.7 Å². The maximum atomic E-state index is 13.5. The first kappa shape index (κ1) is 23.4. The average Bonchev–Trinajstić information content (AvgIpc) is 3.41. The van der Waals surface area contributed by atoms with Crippen LogP contribution in [0.1, 0.15) is 73.0 Å². The van der Waals surface area contributed by atoms with Gasteiger partial charge in [0.15, 0.2) is 0 Å². The molecule has 2 amide bonds. The predicted octanol–water partition coefficient (Wildman–Crippen LogP) is 6.29. The summed E-state index contributed by atoms with van der Waals surface area (Å²) < 4.78 is 5.54. The third-order valence-corrected chi connectivity index (χ3v) is 7.23. The van der Waals surface area contributed by atoms with Crippen molar-refractivity contribution >= 4 is 22.8 Å². The molecule has 1 aliphatic heterocycles. The van der Waals surface area contributed by atoms with Gasteiger partial charge >= 0.3 is 6.09 Å². The van der Waals surface area contributed by atoms with Gasteiger partial charge in [-0.15, -0.1) is 0 Å². The Morgan fingerprint density at radius 3 is 2.51 bits per heavy atom. The van der Waals surface area contributed by atoms with E-state index in [0.29, 0.717) is 18.7 Å². The summed E-state index contributed by atoms with van der Waals surface area (Å²) in [6.07, 6.45) is 2.48. The largest absolute Gasteiger partial charge is 0.444 e. The van der Waals surface area contributed by atoms with Gasteiger partial charge in [-0.1, -0.05) is 54.6 Å². The Hall–Kier alpha value is -3.34. The van der Waals surface area contributed by atoms with Crippen LogP contribution in [-0.4, -0.2) is 35.6 Å². The number of amides is 2. The second-order valence-corrected chi connectivity index (χ2v) is 11.0. The minimum atomic E-state index is -0.507. The number of hydrogen-bond donors (Lipinski definition) is 1. The highest BCUT2D eigenvalue weighted by atomic mass is 16.6. The van der Waals surface area contributed by atoms with Crippen molar-refractivity contribution in [3.63, 3.8) is 0 Å². The molecule has 1 atom stereocenters. The normalized spacial score (nSPS) is 19.0. The fourth-order valence-corrected chi connectivity index (χ4v) is 5.18. The van der Waals surface area contributed by atoms with Gasteiger partial charge in [-0.2, -0.15) is 0 Å². The summed E-state index contributed by atoms with van der Waals surface area (Å²) in [6, 6.07) is 20.8. The maximum Gasteiger partial charge on any atom is 0.410 e. The van der Waals surface area contributed by atoms with E-state index in [-0.39, 0.29) is 23.5 Å². The molecule has 0 aromatic heterocycles. The van der Waals surface area contributed by atoms with Crippen LogP contribution in [-0.2, 0) is 10.3 Å². The Balaban J connectivity index is 1.34. The highest BCUT2D eigenvalue weighted by molar-refractivity contribution is 5.97. The highest BCUT2D eigenvalue weighted by Gasteiger charge is 2.46. The van der Waals surface area contributed by atoms with E-state index in [1.165, 1.54) is 16.3 Å². The molecule has 1 heterocycles. The summed E-state index contributed by atoms with van der Waals surface area (Å²) in [5, 5.41) is 5.77. The summed E-state index contributed by atoms with van der Waals surface area (Å²) >= 11 is 0. The lowest BCUT2D eigenvalue weighted by atomic mass is 9.93. The van der Waals surface area contributed by atoms with Gasteiger partial charge in [0, 0.05) is 24.6 Å². The van der Waals surface area contributed by atoms with Crippen molar-refractivity contribution in [2.24, 2.45) is 0 Å². The molecular formula is C30H34N2O3. The molecule has 1 N–H and O–H groups in total. The van der Waals surface area contributed by atoms with E-state index in [2.05, 4.69) is 47.8 Å². The number of nitrogens with zero attached hydrogens (tertiary/aromatic N) is 1. The molecule has 2 fully saturated rings. The Morgan fingerprint density at radius 2 is 1.77 bits per heavy atom. The number of ether oxygens (including phenoxy) is 1. The number of carbonyl (C=O) groups is 2. The second-order valence-electron chi connectivity index (χ2n) is 11.0. The number of likely N-dealkylation sites (tertiary alicyclic amines) is 1. The van der Waals surface area contributed by atoms with Crippen molar-refractivity contribution in [3.05, 3.63) is 82.9 Å². The fraction of sp³-hybridized carbons (Fsp3) is 0.400. The second kappa shape index (κ2) is 8.71. The monoisotopic (exact) mass is 470 g/mol. The Kier molecular flexibility index (Phi) is 5.82. The van der Waals surface area contributed by atoms with Gasteiger partial charge in [0.05, 0.1) is 5.54 Å². The number of carbonyl (C=O) groups excluding carboxylic acids is 2. The summed E-state index contributed by atoms with van der Waals surface area (Å²) in [5.74, 6) is 0.166. The lowest BCUT2D eigenvalue weighted by Gasteiger charge is -2.24. The van der Waals surface area contributed by atoms with E-state index in [1.807, 2.05) is 45.9 Å². The van der Waals surface area contributed by atoms with Crippen LogP contribution >= 0.6 is 0 Å². The minimum Gasteiger partial charge on any atom is -0.444 e. The number of nitrogens with one attached hydrogen (secondary N) is 1. The topological polar surface area (TPSA) is 58.6 Å². The smallest absolute Gasteiger partial charge is 0.410 e. The van der Waals surface area contributed by atoms with Gasteiger partial charge < -0.3 is 15.0 Å². The molecule has 1 saturated carbocycles. The first-order chi connectivity index (χ1) is 16.7. The van der Waals surface area contributed by atoms with Crippen molar-refractivity contribution in [2.45, 2.75) is 64.0 Å². The average molecular weight is 471 g/mol. The molecule has 5 rings (SSSR count). The van der Waals surface area contributed by atoms with E-state index < -0.39 is 5.60 Å². The molecule has 5 heteroatoms. The van der Waals surface area contributed by atoms with E-state index in [1.54, 1.807) is 4.90 Å².